The Balaban J connectivity index is 3.25. The maximum Gasteiger partial charge on any atom is 0.246 e. The molecule has 0 atom stereocenters. The van der Waals surface area contributed by atoms with E-state index in [4.69, 9.17) is 10.5 Å². The van der Waals surface area contributed by atoms with Gasteiger partial charge in [0, 0.05) is 6.61 Å². The molecule has 0 saturated carbocycles. The largest absolute Gasteiger partial charge is 0.381 e. The summed E-state index contributed by atoms with van der Waals surface area (Å²) >= 11 is 0. The van der Waals surface area contributed by atoms with Crippen molar-refractivity contribution in [2.75, 3.05) is 19.8 Å². The zero-order valence-corrected chi connectivity index (χ0v) is 7.54. The van der Waals surface area contributed by atoms with E-state index < -0.39 is 5.91 Å². The molecule has 2 amide bonds. The van der Waals surface area contributed by atoms with Gasteiger partial charge in [-0.1, -0.05) is 0 Å². The van der Waals surface area contributed by atoms with Crippen molar-refractivity contribution >= 4 is 11.8 Å². The first-order valence-electron chi connectivity index (χ1n) is 3.93. The van der Waals surface area contributed by atoms with Crippen LogP contribution in [0, 0.1) is 0 Å². The molecule has 0 rings (SSSR count). The van der Waals surface area contributed by atoms with E-state index in [0.29, 0.717) is 13.2 Å². The number of ether oxygens (including phenoxy) is 1. The van der Waals surface area contributed by atoms with Crippen molar-refractivity contribution in [3.63, 3.8) is 0 Å². The third-order valence-electron chi connectivity index (χ3n) is 1.08. The van der Waals surface area contributed by atoms with E-state index in [-0.39, 0.29) is 18.9 Å². The van der Waals surface area contributed by atoms with Crippen molar-refractivity contribution in [2.45, 2.75) is 13.3 Å². The summed E-state index contributed by atoms with van der Waals surface area (Å²) in [5, 5.41) is 0. The average molecular weight is 190 g/mol. The zero-order valence-electron chi connectivity index (χ0n) is 7.54. The number of amides is 2. The van der Waals surface area contributed by atoms with E-state index in [1.807, 2.05) is 6.92 Å². The van der Waals surface area contributed by atoms with Crippen LogP contribution in [-0.4, -0.2) is 31.6 Å². The molecule has 6 nitrogen and oxygen atoms in total. The van der Waals surface area contributed by atoms with E-state index >= 15 is 0 Å². The predicted octanol–water partition coefficient (Wildman–Crippen LogP) is -1.05. The minimum absolute atomic E-state index is 0.201. The Morgan fingerprint density at radius 1 is 1.46 bits per heavy atom. The monoisotopic (exact) mass is 190 g/mol. The van der Waals surface area contributed by atoms with Crippen LogP contribution in [0.1, 0.15) is 13.3 Å². The van der Waals surface area contributed by atoms with Crippen molar-refractivity contribution in [2.24, 2.45) is 5.73 Å². The number of hydroxylamine groups is 1. The predicted molar refractivity (Wildman–Crippen MR) is 44.4 cm³/mol. The first-order chi connectivity index (χ1) is 6.16. The van der Waals surface area contributed by atoms with Crippen LogP contribution >= 0.6 is 0 Å². The number of hydrogen-bond acceptors (Lipinski definition) is 4. The van der Waals surface area contributed by atoms with Gasteiger partial charge < -0.3 is 10.5 Å². The lowest BCUT2D eigenvalue weighted by Crippen LogP contribution is -2.29. The summed E-state index contributed by atoms with van der Waals surface area (Å²) in [6.45, 7) is 2.42. The average Bonchev–Trinajstić information content (AvgIpc) is 2.04. The van der Waals surface area contributed by atoms with E-state index in [1.54, 1.807) is 0 Å². The molecule has 3 N–H and O–H groups in total. The molecule has 0 aromatic heterocycles. The maximum absolute atomic E-state index is 10.8. The summed E-state index contributed by atoms with van der Waals surface area (Å²) in [6, 6.07) is 0. The fourth-order valence-electron chi connectivity index (χ4n) is 0.548. The Labute approximate surface area is 76.3 Å². The lowest BCUT2D eigenvalue weighted by atomic mass is 10.4. The molecular weight excluding hydrogens is 176 g/mol. The van der Waals surface area contributed by atoms with Gasteiger partial charge in [-0.25, -0.2) is 5.48 Å². The first-order valence-corrected chi connectivity index (χ1v) is 3.93. The molecule has 0 unspecified atom stereocenters. The summed E-state index contributed by atoms with van der Waals surface area (Å²) in [4.78, 5) is 25.5. The normalized spacial score (nSPS) is 9.62. The number of carbonyl (C=O) groups is 2. The van der Waals surface area contributed by atoms with E-state index in [1.165, 1.54) is 0 Å². The summed E-state index contributed by atoms with van der Waals surface area (Å²) in [7, 11) is 0. The molecule has 13 heavy (non-hydrogen) atoms. The molecule has 0 heterocycles. The third-order valence-corrected chi connectivity index (χ3v) is 1.08. The van der Waals surface area contributed by atoms with Gasteiger partial charge in [0.2, 0.25) is 11.8 Å². The smallest absolute Gasteiger partial charge is 0.246 e. The molecule has 0 bridgehead atoms. The van der Waals surface area contributed by atoms with E-state index in [0.717, 1.165) is 0 Å². The lowest BCUT2D eigenvalue weighted by Gasteiger charge is -2.03. The molecule has 0 aromatic rings. The van der Waals surface area contributed by atoms with Crippen LogP contribution < -0.4 is 11.2 Å². The van der Waals surface area contributed by atoms with Crippen LogP contribution in [0.4, 0.5) is 0 Å². The fraction of sp³-hybridized carbons (Fsp3) is 0.714. The molecule has 0 fully saturated rings. The number of primary amides is 1. The van der Waals surface area contributed by atoms with Gasteiger partial charge in [-0.05, 0) is 6.92 Å². The SMILES string of the molecule is CCOCCC(=O)NOCC(N)=O. The highest BCUT2D eigenvalue weighted by Crippen LogP contribution is 1.82. The quantitative estimate of drug-likeness (QED) is 0.395. The van der Waals surface area contributed by atoms with Gasteiger partial charge in [-0.3, -0.25) is 14.4 Å². The van der Waals surface area contributed by atoms with Crippen LogP contribution in [0.3, 0.4) is 0 Å². The number of hydrogen-bond donors (Lipinski definition) is 2. The highest BCUT2D eigenvalue weighted by Gasteiger charge is 2.01. The Morgan fingerprint density at radius 3 is 2.69 bits per heavy atom. The second-order valence-electron chi connectivity index (χ2n) is 2.23. The Kier molecular flexibility index (Phi) is 6.85. The highest BCUT2D eigenvalue weighted by molar-refractivity contribution is 5.76. The van der Waals surface area contributed by atoms with Crippen molar-refractivity contribution in [1.82, 2.24) is 5.48 Å². The van der Waals surface area contributed by atoms with Crippen molar-refractivity contribution < 1.29 is 19.2 Å². The summed E-state index contributed by atoms with van der Waals surface area (Å²) < 4.78 is 4.92. The molecule has 0 aliphatic rings. The maximum atomic E-state index is 10.8. The van der Waals surface area contributed by atoms with Crippen LogP contribution in [0.5, 0.6) is 0 Å². The number of nitrogens with one attached hydrogen (secondary N) is 1. The Hall–Kier alpha value is -1.14. The Bertz CT molecular complexity index is 172. The summed E-state index contributed by atoms with van der Waals surface area (Å²) in [5.41, 5.74) is 6.81. The van der Waals surface area contributed by atoms with Gasteiger partial charge >= 0.3 is 0 Å². The molecule has 0 saturated heterocycles. The fourth-order valence-corrected chi connectivity index (χ4v) is 0.548. The van der Waals surface area contributed by atoms with Crippen molar-refractivity contribution in [3.05, 3.63) is 0 Å². The zero-order chi connectivity index (χ0) is 10.1. The third kappa shape index (κ3) is 8.77. The summed E-state index contributed by atoms with van der Waals surface area (Å²) in [6.07, 6.45) is 0.201. The molecule has 0 spiro atoms. The molecule has 6 heteroatoms. The van der Waals surface area contributed by atoms with Gasteiger partial charge in [0.05, 0.1) is 13.0 Å². The lowest BCUT2D eigenvalue weighted by molar-refractivity contribution is -0.138. The Morgan fingerprint density at radius 2 is 2.15 bits per heavy atom. The molecular formula is C7H14N2O4. The second-order valence-corrected chi connectivity index (χ2v) is 2.23. The van der Waals surface area contributed by atoms with Gasteiger partial charge in [-0.2, -0.15) is 0 Å². The summed E-state index contributed by atoms with van der Waals surface area (Å²) in [5.74, 6) is -0.972. The number of carbonyl (C=O) groups excluding carboxylic acids is 2. The van der Waals surface area contributed by atoms with Crippen LogP contribution in [-0.2, 0) is 19.2 Å². The van der Waals surface area contributed by atoms with Crippen LogP contribution in [0.25, 0.3) is 0 Å². The minimum atomic E-state index is -0.634. The minimum Gasteiger partial charge on any atom is -0.381 e. The topological polar surface area (TPSA) is 90.7 Å². The first kappa shape index (κ1) is 11.9. The van der Waals surface area contributed by atoms with Crippen LogP contribution in [0.2, 0.25) is 0 Å². The molecule has 0 aliphatic heterocycles. The van der Waals surface area contributed by atoms with Gasteiger partial charge in [0.15, 0.2) is 6.61 Å². The van der Waals surface area contributed by atoms with Gasteiger partial charge in [-0.15, -0.1) is 0 Å². The molecule has 0 aromatic carbocycles. The van der Waals surface area contributed by atoms with Crippen molar-refractivity contribution in [3.8, 4) is 0 Å². The van der Waals surface area contributed by atoms with Gasteiger partial charge in [0.1, 0.15) is 0 Å². The number of rotatable bonds is 7. The molecule has 0 aliphatic carbocycles. The molecule has 76 valence electrons. The van der Waals surface area contributed by atoms with Crippen molar-refractivity contribution in [1.29, 1.82) is 0 Å². The second kappa shape index (κ2) is 7.51. The highest BCUT2D eigenvalue weighted by atomic mass is 16.7. The van der Waals surface area contributed by atoms with Crippen LogP contribution in [0.15, 0.2) is 0 Å². The molecule has 0 radical (unpaired) electrons. The van der Waals surface area contributed by atoms with Gasteiger partial charge in [0.25, 0.3) is 0 Å². The number of nitrogens with two attached hydrogens (primary N) is 1. The van der Waals surface area contributed by atoms with E-state index in [9.17, 15) is 9.59 Å². The standard InChI is InChI=1S/C7H14N2O4/c1-2-12-4-3-7(11)9-13-5-6(8)10/h2-5H2,1H3,(H2,8,10)(H,9,11). The van der Waals surface area contributed by atoms with E-state index in [2.05, 4.69) is 10.3 Å².